The molecule has 0 spiro atoms. The first-order valence-electron chi connectivity index (χ1n) is 6.88. The Morgan fingerprint density at radius 1 is 1.26 bits per heavy atom. The number of methoxy groups -OCH3 is 1. The summed E-state index contributed by atoms with van der Waals surface area (Å²) in [4.78, 5) is 12.1. The van der Waals surface area contributed by atoms with Crippen molar-refractivity contribution in [3.63, 3.8) is 0 Å². The number of nitrogens with two attached hydrogens (primary N) is 1. The highest BCUT2D eigenvalue weighted by atomic mass is 19.4. The number of hydrogen-bond acceptors (Lipinski definition) is 4. The molecule has 23 heavy (non-hydrogen) atoms. The third kappa shape index (κ3) is 5.97. The summed E-state index contributed by atoms with van der Waals surface area (Å²) in [5, 5.41) is 2.56. The van der Waals surface area contributed by atoms with Gasteiger partial charge in [0.25, 0.3) is 0 Å². The van der Waals surface area contributed by atoms with Gasteiger partial charge in [-0.15, -0.1) is 0 Å². The van der Waals surface area contributed by atoms with E-state index >= 15 is 0 Å². The molecular weight excluding hydrogens is 313 g/mol. The van der Waals surface area contributed by atoms with Crippen molar-refractivity contribution in [2.45, 2.75) is 33.0 Å². The van der Waals surface area contributed by atoms with E-state index in [4.69, 9.17) is 15.2 Å². The molecule has 0 saturated heterocycles. The summed E-state index contributed by atoms with van der Waals surface area (Å²) in [5.41, 5.74) is 5.65. The molecule has 0 radical (unpaired) electrons. The number of amides is 1. The molecule has 8 heteroatoms. The molecule has 0 aliphatic heterocycles. The highest BCUT2D eigenvalue weighted by molar-refractivity contribution is 5.95. The number of rotatable bonds is 5. The van der Waals surface area contributed by atoms with Gasteiger partial charge in [0.1, 0.15) is 0 Å². The molecule has 0 saturated carbocycles. The lowest BCUT2D eigenvalue weighted by atomic mass is 9.87. The molecule has 1 amide bonds. The molecule has 0 heterocycles. The Morgan fingerprint density at radius 2 is 1.87 bits per heavy atom. The Morgan fingerprint density at radius 3 is 2.35 bits per heavy atom. The number of halogens is 3. The number of carbonyl (C=O) groups excluding carboxylic acids is 1. The molecule has 0 aliphatic carbocycles. The number of nitrogens with one attached hydrogen (secondary N) is 1. The smallest absolute Gasteiger partial charge is 0.422 e. The van der Waals surface area contributed by atoms with Crippen LogP contribution in [0.5, 0.6) is 11.5 Å². The molecule has 0 unspecified atom stereocenters. The first kappa shape index (κ1) is 19.1. The van der Waals surface area contributed by atoms with Crippen LogP contribution in [0.15, 0.2) is 18.2 Å². The third-order valence-electron chi connectivity index (χ3n) is 3.04. The van der Waals surface area contributed by atoms with Gasteiger partial charge in [-0.2, -0.15) is 13.2 Å². The largest absolute Gasteiger partial charge is 0.493 e. The minimum atomic E-state index is -4.47. The fourth-order valence-electron chi connectivity index (χ4n) is 1.64. The fourth-order valence-corrected chi connectivity index (χ4v) is 1.64. The van der Waals surface area contributed by atoms with E-state index in [1.807, 2.05) is 20.8 Å². The number of carbonyl (C=O) groups is 1. The second-order valence-corrected chi connectivity index (χ2v) is 6.10. The standard InChI is InChI=1S/C15H21F3N2O3/c1-14(2,3)12(19)13(21)20-9-5-6-10(22-4)11(7-9)23-8-15(16,17)18/h5-7,12H,8,19H2,1-4H3,(H,20,21)/t12-/m1/s1. The van der Waals surface area contributed by atoms with E-state index in [0.717, 1.165) is 0 Å². The molecule has 0 bridgehead atoms. The molecule has 1 aromatic rings. The summed E-state index contributed by atoms with van der Waals surface area (Å²) >= 11 is 0. The van der Waals surface area contributed by atoms with Crippen LogP contribution in [-0.4, -0.2) is 31.8 Å². The number of ether oxygens (including phenoxy) is 2. The van der Waals surface area contributed by atoms with Crippen molar-refractivity contribution < 1.29 is 27.4 Å². The molecule has 0 aliphatic rings. The van der Waals surface area contributed by atoms with Crippen molar-refractivity contribution in [1.29, 1.82) is 0 Å². The molecule has 0 aromatic heterocycles. The van der Waals surface area contributed by atoms with Crippen molar-refractivity contribution >= 4 is 11.6 Å². The quantitative estimate of drug-likeness (QED) is 0.868. The lowest BCUT2D eigenvalue weighted by Gasteiger charge is -2.26. The Hall–Kier alpha value is -1.96. The third-order valence-corrected chi connectivity index (χ3v) is 3.04. The summed E-state index contributed by atoms with van der Waals surface area (Å²) in [6, 6.07) is 3.39. The number of hydrogen-bond donors (Lipinski definition) is 2. The average molecular weight is 334 g/mol. The van der Waals surface area contributed by atoms with Crippen LogP contribution < -0.4 is 20.5 Å². The highest BCUT2D eigenvalue weighted by Crippen LogP contribution is 2.32. The lowest BCUT2D eigenvalue weighted by molar-refractivity contribution is -0.153. The van der Waals surface area contributed by atoms with Gasteiger partial charge in [0.15, 0.2) is 18.1 Å². The molecule has 1 rings (SSSR count). The van der Waals surface area contributed by atoms with Crippen LogP contribution in [0.4, 0.5) is 18.9 Å². The van der Waals surface area contributed by atoms with Crippen LogP contribution in [0.2, 0.25) is 0 Å². The Kier molecular flexibility index (Phi) is 5.87. The van der Waals surface area contributed by atoms with Crippen molar-refractivity contribution in [3.8, 4) is 11.5 Å². The zero-order valence-electron chi connectivity index (χ0n) is 13.5. The monoisotopic (exact) mass is 334 g/mol. The molecule has 5 nitrogen and oxygen atoms in total. The van der Waals surface area contributed by atoms with Gasteiger partial charge in [0.2, 0.25) is 5.91 Å². The van der Waals surface area contributed by atoms with E-state index in [9.17, 15) is 18.0 Å². The Balaban J connectivity index is 2.91. The van der Waals surface area contributed by atoms with Gasteiger partial charge < -0.3 is 20.5 Å². The maximum Gasteiger partial charge on any atom is 0.422 e. The highest BCUT2D eigenvalue weighted by Gasteiger charge is 2.30. The van der Waals surface area contributed by atoms with Crippen molar-refractivity contribution in [2.75, 3.05) is 19.0 Å². The van der Waals surface area contributed by atoms with Crippen LogP contribution in [0.3, 0.4) is 0 Å². The SMILES string of the molecule is COc1ccc(NC(=O)[C@@H](N)C(C)(C)C)cc1OCC(F)(F)F. The minimum Gasteiger partial charge on any atom is -0.493 e. The van der Waals surface area contributed by atoms with Crippen molar-refractivity contribution in [2.24, 2.45) is 11.1 Å². The Bertz CT molecular complexity index is 554. The second kappa shape index (κ2) is 7.08. The van der Waals surface area contributed by atoms with Crippen molar-refractivity contribution in [3.05, 3.63) is 18.2 Å². The topological polar surface area (TPSA) is 73.6 Å². The first-order valence-corrected chi connectivity index (χ1v) is 6.88. The average Bonchev–Trinajstić information content (AvgIpc) is 2.42. The van der Waals surface area contributed by atoms with E-state index in [2.05, 4.69) is 5.32 Å². The van der Waals surface area contributed by atoms with Crippen molar-refractivity contribution in [1.82, 2.24) is 0 Å². The summed E-state index contributed by atoms with van der Waals surface area (Å²) < 4.78 is 46.5. The summed E-state index contributed by atoms with van der Waals surface area (Å²) in [7, 11) is 1.31. The van der Waals surface area contributed by atoms with Gasteiger partial charge in [-0.1, -0.05) is 20.8 Å². The molecular formula is C15H21F3N2O3. The predicted octanol–water partition coefficient (Wildman–Crippen LogP) is 2.95. The van der Waals surface area contributed by atoms with Crippen LogP contribution in [0.1, 0.15) is 20.8 Å². The van der Waals surface area contributed by atoms with E-state index in [-0.39, 0.29) is 17.2 Å². The zero-order valence-corrected chi connectivity index (χ0v) is 13.5. The molecule has 0 fully saturated rings. The van der Waals surface area contributed by atoms with E-state index in [1.54, 1.807) is 0 Å². The minimum absolute atomic E-state index is 0.119. The molecule has 1 atom stereocenters. The van der Waals surface area contributed by atoms with Crippen LogP contribution >= 0.6 is 0 Å². The molecule has 130 valence electrons. The lowest BCUT2D eigenvalue weighted by Crippen LogP contribution is -2.45. The number of anilines is 1. The fraction of sp³-hybridized carbons (Fsp3) is 0.533. The zero-order chi connectivity index (χ0) is 17.8. The predicted molar refractivity (Wildman–Crippen MR) is 80.6 cm³/mol. The number of alkyl halides is 3. The molecule has 1 aromatic carbocycles. The maximum absolute atomic E-state index is 12.3. The number of benzene rings is 1. The van der Waals surface area contributed by atoms with Gasteiger partial charge in [-0.25, -0.2) is 0 Å². The second-order valence-electron chi connectivity index (χ2n) is 6.10. The van der Waals surface area contributed by atoms with Gasteiger partial charge in [-0.05, 0) is 17.5 Å². The maximum atomic E-state index is 12.3. The van der Waals surface area contributed by atoms with Gasteiger partial charge in [0.05, 0.1) is 13.2 Å². The van der Waals surface area contributed by atoms with E-state index in [1.165, 1.54) is 25.3 Å². The molecule has 3 N–H and O–H groups in total. The Labute approximate surface area is 132 Å². The van der Waals surface area contributed by atoms with Crippen LogP contribution in [0.25, 0.3) is 0 Å². The van der Waals surface area contributed by atoms with E-state index < -0.39 is 30.1 Å². The summed E-state index contributed by atoms with van der Waals surface area (Å²) in [5.74, 6) is -0.427. The first-order chi connectivity index (χ1) is 10.4. The summed E-state index contributed by atoms with van der Waals surface area (Å²) in [6.07, 6.45) is -4.47. The van der Waals surface area contributed by atoms with Crippen LogP contribution in [0, 0.1) is 5.41 Å². The van der Waals surface area contributed by atoms with Gasteiger partial charge in [0, 0.05) is 11.8 Å². The van der Waals surface area contributed by atoms with E-state index in [0.29, 0.717) is 0 Å². The van der Waals surface area contributed by atoms with Crippen LogP contribution in [-0.2, 0) is 4.79 Å². The summed E-state index contributed by atoms with van der Waals surface area (Å²) in [6.45, 7) is 3.97. The van der Waals surface area contributed by atoms with Gasteiger partial charge >= 0.3 is 6.18 Å². The van der Waals surface area contributed by atoms with Gasteiger partial charge in [-0.3, -0.25) is 4.79 Å². The normalized spacial score (nSPS) is 13.4.